The third-order valence-corrected chi connectivity index (χ3v) is 8.05. The summed E-state index contributed by atoms with van der Waals surface area (Å²) in [5.41, 5.74) is 0.930. The van der Waals surface area contributed by atoms with Gasteiger partial charge in [-0.2, -0.15) is 23.5 Å². The summed E-state index contributed by atoms with van der Waals surface area (Å²) in [7, 11) is -3.26. The van der Waals surface area contributed by atoms with Gasteiger partial charge in [-0.15, -0.1) is 0 Å². The molecule has 1 aliphatic carbocycles. The van der Waals surface area contributed by atoms with Gasteiger partial charge in [0.25, 0.3) is 0 Å². The largest absolute Gasteiger partial charge is 0.433 e. The van der Waals surface area contributed by atoms with E-state index in [0.29, 0.717) is 10.9 Å². The number of fused-ring (bicyclic) bond motifs is 1. The summed E-state index contributed by atoms with van der Waals surface area (Å²) in [6.07, 6.45) is 1.12. The maximum Gasteiger partial charge on any atom is 0.433 e. The van der Waals surface area contributed by atoms with Gasteiger partial charge in [-0.05, 0) is 36.1 Å². The van der Waals surface area contributed by atoms with Crippen LogP contribution in [0.3, 0.4) is 0 Å². The minimum Gasteiger partial charge on any atom is -0.251 e. The Labute approximate surface area is 199 Å². The molecule has 178 valence electrons. The molecule has 1 N–H and O–H groups in total. The molecule has 4 aromatic rings. The first-order chi connectivity index (χ1) is 16.6. The van der Waals surface area contributed by atoms with Crippen LogP contribution in [0, 0.1) is 16.1 Å². The fourth-order valence-electron chi connectivity index (χ4n) is 3.92. The van der Waals surface area contributed by atoms with Gasteiger partial charge < -0.3 is 0 Å². The molecule has 0 amide bonds. The van der Waals surface area contributed by atoms with E-state index in [9.17, 15) is 22.6 Å². The summed E-state index contributed by atoms with van der Waals surface area (Å²) in [6, 6.07) is 12.3. The number of nitrogens with zero attached hydrogens (tertiary/aromatic N) is 5. The highest BCUT2D eigenvalue weighted by molar-refractivity contribution is 7.92. The van der Waals surface area contributed by atoms with Gasteiger partial charge in [-0.3, -0.25) is 4.98 Å². The summed E-state index contributed by atoms with van der Waals surface area (Å²) < 4.78 is 61.9. The predicted octanol–water partition coefficient (Wildman–Crippen LogP) is 5.48. The summed E-state index contributed by atoms with van der Waals surface area (Å²) in [5, 5.41) is 14.0. The Bertz CT molecular complexity index is 1600. The minimum atomic E-state index is -4.61. The number of hydrogen-bond acceptors (Lipinski definition) is 6. The van der Waals surface area contributed by atoms with Crippen LogP contribution >= 0.6 is 0 Å². The van der Waals surface area contributed by atoms with Crippen molar-refractivity contribution in [2.24, 2.45) is 0 Å². The van der Waals surface area contributed by atoms with E-state index in [4.69, 9.17) is 4.78 Å². The first-order valence-corrected chi connectivity index (χ1v) is 12.5. The van der Waals surface area contributed by atoms with Gasteiger partial charge in [0.15, 0.2) is 5.82 Å². The highest BCUT2D eigenvalue weighted by atomic mass is 32.2. The SMILES string of the molecule is CCS(=N)(=O)c1cc(-c2ccc(C3(C#N)CC3)cc2)cnc1-n1cc2cnc(C(F)(F)F)cc2n1. The normalized spacial score (nSPS) is 16.5. The van der Waals surface area contributed by atoms with E-state index in [0.717, 1.165) is 36.2 Å². The van der Waals surface area contributed by atoms with Crippen LogP contribution in [-0.4, -0.2) is 29.7 Å². The molecule has 0 radical (unpaired) electrons. The molecule has 1 aliphatic rings. The van der Waals surface area contributed by atoms with Crippen LogP contribution in [0.15, 0.2) is 59.9 Å². The van der Waals surface area contributed by atoms with E-state index in [1.54, 1.807) is 19.2 Å². The van der Waals surface area contributed by atoms with Gasteiger partial charge in [0.1, 0.15) is 5.69 Å². The third-order valence-electron chi connectivity index (χ3n) is 6.23. The van der Waals surface area contributed by atoms with Crippen molar-refractivity contribution in [2.45, 2.75) is 36.3 Å². The maximum absolute atomic E-state index is 13.2. The molecule has 1 saturated carbocycles. The molecular formula is C24H19F3N6OS. The van der Waals surface area contributed by atoms with Crippen molar-refractivity contribution in [3.63, 3.8) is 0 Å². The Morgan fingerprint density at radius 2 is 1.86 bits per heavy atom. The van der Waals surface area contributed by atoms with E-state index >= 15 is 0 Å². The second-order valence-electron chi connectivity index (χ2n) is 8.48. The molecule has 7 nitrogen and oxygen atoms in total. The lowest BCUT2D eigenvalue weighted by molar-refractivity contribution is -0.141. The monoisotopic (exact) mass is 496 g/mol. The van der Waals surface area contributed by atoms with Gasteiger partial charge in [-0.1, -0.05) is 31.2 Å². The van der Waals surface area contributed by atoms with Gasteiger partial charge in [-0.25, -0.2) is 18.7 Å². The molecule has 1 fully saturated rings. The van der Waals surface area contributed by atoms with Crippen molar-refractivity contribution in [3.05, 3.63) is 66.2 Å². The highest BCUT2D eigenvalue weighted by Crippen LogP contribution is 2.47. The molecule has 0 aliphatic heterocycles. The number of pyridine rings is 2. The van der Waals surface area contributed by atoms with Crippen LogP contribution in [0.5, 0.6) is 0 Å². The van der Waals surface area contributed by atoms with Crippen LogP contribution in [0.4, 0.5) is 13.2 Å². The van der Waals surface area contributed by atoms with Crippen LogP contribution in [0.1, 0.15) is 31.0 Å². The van der Waals surface area contributed by atoms with Gasteiger partial charge in [0.2, 0.25) is 0 Å². The Kier molecular flexibility index (Phi) is 5.18. The molecule has 3 heterocycles. The molecule has 11 heteroatoms. The van der Waals surface area contributed by atoms with Crippen LogP contribution in [0.25, 0.3) is 27.8 Å². The zero-order valence-electron chi connectivity index (χ0n) is 18.5. The molecule has 0 saturated heterocycles. The molecule has 1 atom stereocenters. The summed E-state index contributed by atoms with van der Waals surface area (Å²) in [6.45, 7) is 1.62. The second kappa shape index (κ2) is 7.88. The number of alkyl halides is 3. The smallest absolute Gasteiger partial charge is 0.251 e. The Balaban J connectivity index is 1.59. The number of nitrogens with one attached hydrogen (secondary N) is 1. The van der Waals surface area contributed by atoms with Crippen LogP contribution in [0.2, 0.25) is 0 Å². The molecule has 35 heavy (non-hydrogen) atoms. The van der Waals surface area contributed by atoms with Crippen molar-refractivity contribution < 1.29 is 17.4 Å². The summed E-state index contributed by atoms with van der Waals surface area (Å²) in [4.78, 5) is 7.99. The number of nitriles is 1. The second-order valence-corrected chi connectivity index (χ2v) is 10.8. The van der Waals surface area contributed by atoms with E-state index in [1.807, 2.05) is 24.3 Å². The molecule has 0 bridgehead atoms. The number of halogens is 3. The lowest BCUT2D eigenvalue weighted by Gasteiger charge is -2.13. The van der Waals surface area contributed by atoms with E-state index in [-0.39, 0.29) is 22.0 Å². The number of hydrogen-bond donors (Lipinski definition) is 1. The van der Waals surface area contributed by atoms with Crippen molar-refractivity contribution in [1.82, 2.24) is 19.7 Å². The zero-order valence-corrected chi connectivity index (χ0v) is 19.3. The first kappa shape index (κ1) is 23.0. The highest BCUT2D eigenvalue weighted by Gasteiger charge is 2.44. The van der Waals surface area contributed by atoms with E-state index in [2.05, 4.69) is 21.1 Å². The molecule has 1 aromatic carbocycles. The number of aromatic nitrogens is 4. The molecular weight excluding hydrogens is 477 g/mol. The van der Waals surface area contributed by atoms with Crippen LogP contribution < -0.4 is 0 Å². The minimum absolute atomic E-state index is 0.0231. The summed E-state index contributed by atoms with van der Waals surface area (Å²) >= 11 is 0. The first-order valence-electron chi connectivity index (χ1n) is 10.8. The summed E-state index contributed by atoms with van der Waals surface area (Å²) in [5.74, 6) is 0.133. The average molecular weight is 497 g/mol. The van der Waals surface area contributed by atoms with Gasteiger partial charge in [0, 0.05) is 35.3 Å². The van der Waals surface area contributed by atoms with Gasteiger partial charge in [0.05, 0.1) is 31.6 Å². The number of rotatable bonds is 5. The molecule has 0 spiro atoms. The quantitative estimate of drug-likeness (QED) is 0.393. The standard InChI is InChI=1S/C24H19F3N6OS/c1-2-35(29,34)20-9-16(15-3-5-18(6-4-15)23(14-28)7-8-23)11-31-22(20)33-13-17-12-30-21(24(25,26)27)10-19(17)32-33/h3-6,9-13,29H,2,7-8H2,1H3. The van der Waals surface area contributed by atoms with Crippen molar-refractivity contribution >= 4 is 20.6 Å². The zero-order chi connectivity index (χ0) is 25.0. The predicted molar refractivity (Wildman–Crippen MR) is 123 cm³/mol. The Hall–Kier alpha value is -3.78. The average Bonchev–Trinajstić information content (AvgIpc) is 3.54. The topological polar surface area (TPSA) is 108 Å². The lowest BCUT2D eigenvalue weighted by atomic mass is 9.95. The van der Waals surface area contributed by atoms with E-state index in [1.165, 1.54) is 10.9 Å². The molecule has 1 unspecified atom stereocenters. The van der Waals surface area contributed by atoms with Crippen molar-refractivity contribution in [2.75, 3.05) is 5.75 Å². The fraction of sp³-hybridized carbons (Fsp3) is 0.250. The lowest BCUT2D eigenvalue weighted by Crippen LogP contribution is -2.10. The fourth-order valence-corrected chi connectivity index (χ4v) is 4.99. The number of benzene rings is 1. The van der Waals surface area contributed by atoms with Crippen molar-refractivity contribution in [1.29, 1.82) is 10.0 Å². The van der Waals surface area contributed by atoms with Crippen LogP contribution in [-0.2, 0) is 21.3 Å². The Morgan fingerprint density at radius 1 is 1.14 bits per heavy atom. The Morgan fingerprint density at radius 3 is 2.46 bits per heavy atom. The van der Waals surface area contributed by atoms with Crippen molar-refractivity contribution in [3.8, 4) is 23.0 Å². The maximum atomic E-state index is 13.2. The van der Waals surface area contributed by atoms with E-state index < -0.39 is 27.0 Å². The van der Waals surface area contributed by atoms with Gasteiger partial charge >= 0.3 is 6.18 Å². The molecule has 5 rings (SSSR count). The molecule has 3 aromatic heterocycles. The third kappa shape index (κ3) is 4.04.